The Labute approximate surface area is 170 Å². The minimum Gasteiger partial charge on any atom is -0.748 e. The minimum absolute atomic E-state index is 0.00729. The molecule has 9 heteroatoms. The predicted octanol–water partition coefficient (Wildman–Crippen LogP) is 3.09. The van der Waals surface area contributed by atoms with Gasteiger partial charge < -0.3 is 18.8 Å². The standard InChI is InChI=1S/C20H27FO7S/c1-12(2)20(27-17-10-13-3-4-14(17)9-13)28-18-11-15(5-6-16(18)21)19(22)26-7-8-29(23,24)25/h5-6,11-14,17,20H,3-4,7-10H2,1-2H3,(H,23,24,25)/p-1. The lowest BCUT2D eigenvalue weighted by atomic mass is 9.97. The van der Waals surface area contributed by atoms with E-state index in [9.17, 15) is 22.2 Å². The van der Waals surface area contributed by atoms with Crippen LogP contribution in [0.15, 0.2) is 18.2 Å². The SMILES string of the molecule is CC(C)C(Oc1cc(C(=O)OCCS(=O)(=O)[O-])ccc1F)OC1CC2CCC1C2. The third-order valence-electron chi connectivity index (χ3n) is 5.50. The first-order valence-electron chi connectivity index (χ1n) is 9.84. The van der Waals surface area contributed by atoms with Gasteiger partial charge in [-0.1, -0.05) is 13.8 Å². The van der Waals surface area contributed by atoms with E-state index in [1.54, 1.807) is 0 Å². The van der Waals surface area contributed by atoms with Crippen LogP contribution in [-0.2, 0) is 19.6 Å². The number of rotatable bonds is 9. The maximum Gasteiger partial charge on any atom is 0.338 e. The second kappa shape index (κ2) is 8.97. The van der Waals surface area contributed by atoms with Crippen LogP contribution in [0.3, 0.4) is 0 Å². The van der Waals surface area contributed by atoms with Crippen molar-refractivity contribution >= 4 is 16.1 Å². The monoisotopic (exact) mass is 429 g/mol. The Morgan fingerprint density at radius 1 is 1.28 bits per heavy atom. The molecule has 29 heavy (non-hydrogen) atoms. The summed E-state index contributed by atoms with van der Waals surface area (Å²) in [5, 5.41) is 0. The fourth-order valence-corrected chi connectivity index (χ4v) is 4.30. The van der Waals surface area contributed by atoms with E-state index in [-0.39, 0.29) is 23.3 Å². The topological polar surface area (TPSA) is 102 Å². The molecule has 0 radical (unpaired) electrons. The van der Waals surface area contributed by atoms with Crippen LogP contribution in [0.2, 0.25) is 0 Å². The van der Waals surface area contributed by atoms with Crippen molar-refractivity contribution in [2.45, 2.75) is 51.9 Å². The van der Waals surface area contributed by atoms with Crippen molar-refractivity contribution in [3.63, 3.8) is 0 Å². The summed E-state index contributed by atoms with van der Waals surface area (Å²) < 4.78 is 62.8. The highest BCUT2D eigenvalue weighted by molar-refractivity contribution is 7.85. The Bertz CT molecular complexity index is 839. The highest BCUT2D eigenvalue weighted by atomic mass is 32.2. The van der Waals surface area contributed by atoms with E-state index in [2.05, 4.69) is 0 Å². The summed E-state index contributed by atoms with van der Waals surface area (Å²) in [4.78, 5) is 12.1. The molecule has 2 fully saturated rings. The molecule has 2 saturated carbocycles. The van der Waals surface area contributed by atoms with Crippen LogP contribution in [0.5, 0.6) is 5.75 Å². The average molecular weight is 429 g/mol. The Morgan fingerprint density at radius 2 is 2.03 bits per heavy atom. The number of benzene rings is 1. The molecule has 0 aromatic heterocycles. The first-order valence-corrected chi connectivity index (χ1v) is 11.4. The Kier molecular flexibility index (Phi) is 6.80. The van der Waals surface area contributed by atoms with Crippen LogP contribution >= 0.6 is 0 Å². The van der Waals surface area contributed by atoms with Crippen molar-refractivity contribution in [1.82, 2.24) is 0 Å². The van der Waals surface area contributed by atoms with Gasteiger partial charge in [0.25, 0.3) is 0 Å². The van der Waals surface area contributed by atoms with Crippen LogP contribution in [0.4, 0.5) is 4.39 Å². The molecule has 2 bridgehead atoms. The van der Waals surface area contributed by atoms with Crippen LogP contribution in [0.25, 0.3) is 0 Å². The van der Waals surface area contributed by atoms with Crippen molar-refractivity contribution in [2.75, 3.05) is 12.4 Å². The van der Waals surface area contributed by atoms with Gasteiger partial charge in [-0.25, -0.2) is 17.6 Å². The van der Waals surface area contributed by atoms with Crippen molar-refractivity contribution in [3.8, 4) is 5.75 Å². The molecule has 0 heterocycles. The van der Waals surface area contributed by atoms with Gasteiger partial charge in [0.15, 0.2) is 11.6 Å². The van der Waals surface area contributed by atoms with Crippen molar-refractivity contribution in [3.05, 3.63) is 29.6 Å². The number of fused-ring (bicyclic) bond motifs is 2. The predicted molar refractivity (Wildman–Crippen MR) is 101 cm³/mol. The minimum atomic E-state index is -4.49. The molecule has 4 unspecified atom stereocenters. The van der Waals surface area contributed by atoms with Gasteiger partial charge in [0.05, 0.1) is 27.5 Å². The smallest absolute Gasteiger partial charge is 0.338 e. The van der Waals surface area contributed by atoms with E-state index in [4.69, 9.17) is 14.2 Å². The summed E-state index contributed by atoms with van der Waals surface area (Å²) in [5.41, 5.74) is -0.00729. The van der Waals surface area contributed by atoms with Crippen LogP contribution in [0, 0.1) is 23.6 Å². The molecule has 0 aliphatic heterocycles. The number of carbonyl (C=O) groups is 1. The van der Waals surface area contributed by atoms with Gasteiger partial charge in [0, 0.05) is 5.92 Å². The third-order valence-corrected chi connectivity index (χ3v) is 6.17. The first kappa shape index (κ1) is 22.0. The van der Waals surface area contributed by atoms with Gasteiger partial charge in [-0.3, -0.25) is 0 Å². The molecular formula is C20H26FO7S-. The van der Waals surface area contributed by atoms with Gasteiger partial charge >= 0.3 is 5.97 Å². The lowest BCUT2D eigenvalue weighted by molar-refractivity contribution is -0.156. The van der Waals surface area contributed by atoms with Gasteiger partial charge in [-0.2, -0.15) is 0 Å². The van der Waals surface area contributed by atoms with E-state index in [0.717, 1.165) is 18.9 Å². The second-order valence-corrected chi connectivity index (χ2v) is 9.65. The van der Waals surface area contributed by atoms with E-state index < -0.39 is 40.6 Å². The summed E-state index contributed by atoms with van der Waals surface area (Å²) >= 11 is 0. The molecule has 1 aromatic rings. The number of ether oxygens (including phenoxy) is 3. The normalized spacial score (nSPS) is 24.7. The third kappa shape index (κ3) is 5.90. The highest BCUT2D eigenvalue weighted by Gasteiger charge is 2.42. The number of halogens is 1. The molecule has 162 valence electrons. The Hall–Kier alpha value is -1.71. The van der Waals surface area contributed by atoms with Gasteiger partial charge in [-0.05, 0) is 55.7 Å². The fraction of sp³-hybridized carbons (Fsp3) is 0.650. The number of hydrogen-bond acceptors (Lipinski definition) is 7. The maximum absolute atomic E-state index is 14.3. The van der Waals surface area contributed by atoms with Gasteiger partial charge in [0.2, 0.25) is 6.29 Å². The quantitative estimate of drug-likeness (QED) is 0.338. The number of carbonyl (C=O) groups excluding carboxylic acids is 1. The van der Waals surface area contributed by atoms with Crippen LogP contribution < -0.4 is 4.74 Å². The molecule has 3 rings (SSSR count). The van der Waals surface area contributed by atoms with E-state index >= 15 is 0 Å². The van der Waals surface area contributed by atoms with Crippen molar-refractivity contribution in [1.29, 1.82) is 0 Å². The lowest BCUT2D eigenvalue weighted by Crippen LogP contribution is -2.34. The van der Waals surface area contributed by atoms with Crippen LogP contribution in [0.1, 0.15) is 49.9 Å². The van der Waals surface area contributed by atoms with Gasteiger partial charge in [-0.15, -0.1) is 0 Å². The number of hydrogen-bond donors (Lipinski definition) is 0. The number of esters is 1. The Morgan fingerprint density at radius 3 is 2.62 bits per heavy atom. The molecule has 0 spiro atoms. The summed E-state index contributed by atoms with van der Waals surface area (Å²) in [5.74, 6) is -1.29. The second-order valence-electron chi connectivity index (χ2n) is 8.12. The Balaban J connectivity index is 1.65. The molecule has 0 amide bonds. The first-order chi connectivity index (χ1) is 13.6. The zero-order valence-electron chi connectivity index (χ0n) is 16.5. The van der Waals surface area contributed by atoms with Crippen molar-refractivity contribution < 1.29 is 36.4 Å². The maximum atomic E-state index is 14.3. The van der Waals surface area contributed by atoms with E-state index in [0.29, 0.717) is 11.8 Å². The van der Waals surface area contributed by atoms with E-state index in [1.165, 1.54) is 25.0 Å². The highest BCUT2D eigenvalue weighted by Crippen LogP contribution is 2.46. The lowest BCUT2D eigenvalue weighted by Gasteiger charge is -2.30. The summed E-state index contributed by atoms with van der Waals surface area (Å²) in [6.07, 6.45) is 4.00. The zero-order chi connectivity index (χ0) is 21.2. The summed E-state index contributed by atoms with van der Waals surface area (Å²) in [7, 11) is -4.49. The van der Waals surface area contributed by atoms with Crippen LogP contribution in [-0.4, -0.2) is 43.7 Å². The molecule has 2 aliphatic rings. The van der Waals surface area contributed by atoms with E-state index in [1.807, 2.05) is 13.8 Å². The summed E-state index contributed by atoms with van der Waals surface area (Å²) in [6.45, 7) is 3.26. The molecular weight excluding hydrogens is 403 g/mol. The molecule has 0 saturated heterocycles. The summed E-state index contributed by atoms with van der Waals surface area (Å²) in [6, 6.07) is 3.48. The fourth-order valence-electron chi connectivity index (χ4n) is 4.01. The van der Waals surface area contributed by atoms with Gasteiger partial charge in [0.1, 0.15) is 6.61 Å². The average Bonchev–Trinajstić information content (AvgIpc) is 3.24. The molecule has 1 aromatic carbocycles. The molecule has 2 aliphatic carbocycles. The molecule has 0 N–H and O–H groups in total. The largest absolute Gasteiger partial charge is 0.748 e. The van der Waals surface area contributed by atoms with Crippen molar-refractivity contribution in [2.24, 2.45) is 17.8 Å². The molecule has 7 nitrogen and oxygen atoms in total. The molecule has 4 atom stereocenters. The zero-order valence-corrected chi connectivity index (χ0v) is 17.3.